The number of rotatable bonds is 10. The summed E-state index contributed by atoms with van der Waals surface area (Å²) in [6, 6.07) is 25.1. The highest BCUT2D eigenvalue weighted by atomic mass is 32.2. The Morgan fingerprint density at radius 1 is 0.830 bits per heavy atom. The number of amides is 1. The van der Waals surface area contributed by atoms with Gasteiger partial charge in [-0.1, -0.05) is 48.3 Å². The molecular weight excluding hydrogens is 651 g/mol. The van der Waals surface area contributed by atoms with E-state index in [0.717, 1.165) is 50.7 Å². The Hall–Kier alpha value is -4.65. The lowest BCUT2D eigenvalue weighted by molar-refractivity contribution is -0.140. The number of thiocarbonyl (C=S) groups is 1. The second-order valence-electron chi connectivity index (χ2n) is 11.1. The average molecular weight is 686 g/mol. The Kier molecular flexibility index (Phi) is 10.3. The van der Waals surface area contributed by atoms with Gasteiger partial charge in [0, 0.05) is 63.2 Å². The van der Waals surface area contributed by atoms with Gasteiger partial charge >= 0.3 is 5.97 Å². The summed E-state index contributed by atoms with van der Waals surface area (Å²) in [6.07, 6.45) is 5.48. The zero-order chi connectivity index (χ0) is 33.8. The number of nitrogens with zero attached hydrogens (tertiary/aromatic N) is 5. The third-order valence-corrected chi connectivity index (χ3v) is 10.2. The van der Waals surface area contributed by atoms with E-state index in [9.17, 15) is 14.4 Å². The predicted molar refractivity (Wildman–Crippen MR) is 200 cm³/mol. The van der Waals surface area contributed by atoms with Gasteiger partial charge in [0.25, 0.3) is 11.5 Å². The Balaban J connectivity index is 1.45. The van der Waals surface area contributed by atoms with Gasteiger partial charge in [-0.15, -0.1) is 11.3 Å². The van der Waals surface area contributed by atoms with Crippen molar-refractivity contribution in [3.8, 4) is 0 Å². The summed E-state index contributed by atoms with van der Waals surface area (Å²) in [5.41, 5.74) is 6.05. The maximum Gasteiger partial charge on any atom is 0.323 e. The fraction of sp³-hybridized carbons (Fsp3) is 0.200. The SMILES string of the molecule is CCn1c(=O)/c(=C\C=C\c2ccc(N(c3ccc(N(C)C)cc3)c3ccc(N(C)C)cc3)cc2)s/c1=C1\SC(=S)N(CC(=O)O)C1=O. The van der Waals surface area contributed by atoms with Gasteiger partial charge in [0.2, 0.25) is 0 Å². The number of thioether (sulfide) groups is 1. The Bertz CT molecular complexity index is 1960. The molecule has 12 heteroatoms. The molecular formula is C35H35N5O4S3. The number of hydrogen-bond acceptors (Lipinski definition) is 9. The molecule has 2 heterocycles. The molecule has 1 saturated heterocycles. The summed E-state index contributed by atoms with van der Waals surface area (Å²) in [6.45, 7) is 1.67. The van der Waals surface area contributed by atoms with Crippen molar-refractivity contribution in [2.45, 2.75) is 13.5 Å². The van der Waals surface area contributed by atoms with E-state index in [1.54, 1.807) is 6.08 Å². The summed E-state index contributed by atoms with van der Waals surface area (Å²) in [5, 5.41) is 9.16. The number of carbonyl (C=O) groups excluding carboxylic acids is 1. The van der Waals surface area contributed by atoms with Gasteiger partial charge in [-0.3, -0.25) is 23.9 Å². The molecule has 5 rings (SSSR count). The first-order valence-corrected chi connectivity index (χ1v) is 16.9. The van der Waals surface area contributed by atoms with E-state index in [-0.39, 0.29) is 14.8 Å². The highest BCUT2D eigenvalue weighted by Crippen LogP contribution is 2.36. The molecule has 0 bridgehead atoms. The molecule has 4 aromatic rings. The van der Waals surface area contributed by atoms with Crippen molar-refractivity contribution >= 4 is 97.0 Å². The minimum Gasteiger partial charge on any atom is -0.480 e. The molecule has 47 heavy (non-hydrogen) atoms. The van der Waals surface area contributed by atoms with Crippen LogP contribution >= 0.6 is 35.3 Å². The van der Waals surface area contributed by atoms with Crippen LogP contribution < -0.4 is 29.5 Å². The summed E-state index contributed by atoms with van der Waals surface area (Å²) < 4.78 is 2.63. The van der Waals surface area contributed by atoms with Crippen molar-refractivity contribution in [2.75, 3.05) is 49.4 Å². The van der Waals surface area contributed by atoms with E-state index in [1.807, 2.05) is 59.4 Å². The number of carboxylic acids is 1. The van der Waals surface area contributed by atoms with Gasteiger partial charge in [0.1, 0.15) is 20.4 Å². The zero-order valence-electron chi connectivity index (χ0n) is 26.7. The topological polar surface area (TPSA) is 89.3 Å². The van der Waals surface area contributed by atoms with Crippen LogP contribution in [0.4, 0.5) is 28.4 Å². The number of allylic oxidation sites excluding steroid dienone is 1. The molecule has 3 aromatic carbocycles. The molecule has 1 aliphatic heterocycles. The largest absolute Gasteiger partial charge is 0.480 e. The quantitative estimate of drug-likeness (QED) is 0.230. The molecule has 1 fully saturated rings. The van der Waals surface area contributed by atoms with E-state index in [1.165, 1.54) is 15.9 Å². The van der Waals surface area contributed by atoms with Crippen LogP contribution in [0.15, 0.2) is 83.7 Å². The van der Waals surface area contributed by atoms with Gasteiger partial charge < -0.3 is 19.8 Å². The standard InChI is InChI=1S/C35H35N5O4S3/c1-6-38-32(43)29(46-34(38)31-33(44)39(22-30(41)42)35(45)47-31)9-7-8-23-10-12-26(13-11-23)40(27-18-14-24(15-19-27)36(2)3)28-20-16-25(17-21-28)37(4)5/h7-21H,6,22H2,1-5H3,(H,41,42)/b8-7+,29-9+,34-31-. The fourth-order valence-electron chi connectivity index (χ4n) is 5.02. The molecule has 0 unspecified atom stereocenters. The molecule has 0 saturated carbocycles. The number of anilines is 5. The maximum atomic E-state index is 13.2. The highest BCUT2D eigenvalue weighted by molar-refractivity contribution is 8.30. The van der Waals surface area contributed by atoms with Crippen LogP contribution in [-0.4, -0.2) is 65.5 Å². The molecule has 0 atom stereocenters. The fourth-order valence-corrected chi connectivity index (χ4v) is 7.55. The number of carboxylic acid groups (broad SMARTS) is 1. The summed E-state index contributed by atoms with van der Waals surface area (Å²) in [7, 11) is 8.09. The lowest BCUT2D eigenvalue weighted by Gasteiger charge is -2.27. The molecule has 9 nitrogen and oxygen atoms in total. The van der Waals surface area contributed by atoms with Crippen LogP contribution in [0, 0.1) is 0 Å². The van der Waals surface area contributed by atoms with Crippen molar-refractivity contribution in [3.05, 3.63) is 104 Å². The second-order valence-corrected chi connectivity index (χ2v) is 13.8. The van der Waals surface area contributed by atoms with Crippen molar-refractivity contribution < 1.29 is 14.7 Å². The van der Waals surface area contributed by atoms with Crippen molar-refractivity contribution in [1.82, 2.24) is 9.47 Å². The first kappa shape index (κ1) is 33.7. The van der Waals surface area contributed by atoms with Crippen molar-refractivity contribution in [2.24, 2.45) is 0 Å². The Labute approximate surface area is 287 Å². The minimum absolute atomic E-state index is 0.166. The monoisotopic (exact) mass is 685 g/mol. The van der Waals surface area contributed by atoms with Crippen LogP contribution in [0.1, 0.15) is 12.5 Å². The lowest BCUT2D eigenvalue weighted by Crippen LogP contribution is -2.35. The highest BCUT2D eigenvalue weighted by Gasteiger charge is 2.35. The van der Waals surface area contributed by atoms with Crippen LogP contribution in [0.3, 0.4) is 0 Å². The molecule has 0 radical (unpaired) electrons. The van der Waals surface area contributed by atoms with Crippen LogP contribution in [0.2, 0.25) is 0 Å². The molecule has 1 amide bonds. The number of aromatic nitrogens is 1. The van der Waals surface area contributed by atoms with Crippen molar-refractivity contribution in [3.63, 3.8) is 0 Å². The third-order valence-electron chi connectivity index (χ3n) is 7.50. The molecule has 1 N–H and O–H groups in total. The van der Waals surface area contributed by atoms with Crippen molar-refractivity contribution in [1.29, 1.82) is 0 Å². The lowest BCUT2D eigenvalue weighted by atomic mass is 10.1. The number of carbonyl (C=O) groups is 2. The van der Waals surface area contributed by atoms with Crippen LogP contribution in [-0.2, 0) is 16.1 Å². The number of thiazole rings is 1. The Morgan fingerprint density at radius 2 is 1.32 bits per heavy atom. The van der Waals surface area contributed by atoms with E-state index in [0.29, 0.717) is 15.7 Å². The number of hydrogen-bond donors (Lipinski definition) is 1. The third kappa shape index (κ3) is 7.35. The molecule has 1 aromatic heterocycles. The van der Waals surface area contributed by atoms with Crippen LogP contribution in [0.5, 0.6) is 0 Å². The summed E-state index contributed by atoms with van der Waals surface area (Å²) in [5.74, 6) is -1.65. The van der Waals surface area contributed by atoms with E-state index in [4.69, 9.17) is 17.3 Å². The van der Waals surface area contributed by atoms with Crippen LogP contribution in [0.25, 0.3) is 17.1 Å². The Morgan fingerprint density at radius 3 is 1.79 bits per heavy atom. The van der Waals surface area contributed by atoms with Gasteiger partial charge in [0.15, 0.2) is 0 Å². The summed E-state index contributed by atoms with van der Waals surface area (Å²) in [4.78, 5) is 45.0. The van der Waals surface area contributed by atoms with Gasteiger partial charge in [0.05, 0.1) is 4.53 Å². The van der Waals surface area contributed by atoms with E-state index >= 15 is 0 Å². The van der Waals surface area contributed by atoms with Gasteiger partial charge in [-0.2, -0.15) is 0 Å². The molecule has 1 aliphatic rings. The molecule has 0 aliphatic carbocycles. The zero-order valence-corrected chi connectivity index (χ0v) is 29.2. The number of aliphatic carboxylic acids is 1. The maximum absolute atomic E-state index is 13.2. The number of benzene rings is 3. The second kappa shape index (κ2) is 14.4. The summed E-state index contributed by atoms with van der Waals surface area (Å²) >= 11 is 7.46. The van der Waals surface area contributed by atoms with Gasteiger partial charge in [-0.25, -0.2) is 0 Å². The molecule has 0 spiro atoms. The van der Waals surface area contributed by atoms with E-state index < -0.39 is 18.4 Å². The van der Waals surface area contributed by atoms with Gasteiger partial charge in [-0.05, 0) is 79.2 Å². The average Bonchev–Trinajstić information content (AvgIpc) is 3.51. The molecule has 242 valence electrons. The normalized spacial score (nSPS) is 14.7. The first-order valence-electron chi connectivity index (χ1n) is 14.8. The first-order chi connectivity index (χ1) is 22.5. The smallest absolute Gasteiger partial charge is 0.323 e. The van der Waals surface area contributed by atoms with E-state index in [2.05, 4.69) is 75.4 Å². The minimum atomic E-state index is -1.15. The predicted octanol–water partition coefficient (Wildman–Crippen LogP) is 5.08.